The molecule has 3 aromatic rings. The number of rotatable bonds is 5. The van der Waals surface area contributed by atoms with Gasteiger partial charge in [0.25, 0.3) is 11.8 Å². The molecular weight excluding hydrogens is 477 g/mol. The van der Waals surface area contributed by atoms with E-state index in [4.69, 9.17) is 11.6 Å². The van der Waals surface area contributed by atoms with Gasteiger partial charge < -0.3 is 10.6 Å². The normalized spacial score (nSPS) is 10.3. The van der Waals surface area contributed by atoms with Gasteiger partial charge in [-0.3, -0.25) is 14.6 Å². The van der Waals surface area contributed by atoms with Crippen LogP contribution in [-0.2, 0) is 6.54 Å². The van der Waals surface area contributed by atoms with Gasteiger partial charge in [-0.2, -0.15) is 0 Å². The van der Waals surface area contributed by atoms with Gasteiger partial charge in [0.05, 0.1) is 5.02 Å². The summed E-state index contributed by atoms with van der Waals surface area (Å²) >= 11 is 8.07. The molecule has 0 unspecified atom stereocenters. The van der Waals surface area contributed by atoms with Crippen LogP contribution in [0.15, 0.2) is 67.0 Å². The first kappa shape index (κ1) is 19.3. The van der Waals surface area contributed by atoms with Crippen molar-refractivity contribution in [3.8, 4) is 0 Å². The van der Waals surface area contributed by atoms with E-state index in [-0.39, 0.29) is 11.8 Å². The highest BCUT2D eigenvalue weighted by Gasteiger charge is 2.09. The zero-order chi connectivity index (χ0) is 19.2. The van der Waals surface area contributed by atoms with Crippen LogP contribution in [0.3, 0.4) is 0 Å². The molecule has 0 saturated carbocycles. The second kappa shape index (κ2) is 8.96. The molecule has 0 saturated heterocycles. The number of pyridine rings is 1. The predicted molar refractivity (Wildman–Crippen MR) is 114 cm³/mol. The fraction of sp³-hybridized carbons (Fsp3) is 0.0500. The third-order valence-electron chi connectivity index (χ3n) is 3.76. The summed E-state index contributed by atoms with van der Waals surface area (Å²) in [6.45, 7) is 0.344. The molecular formula is C20H15ClIN3O2. The molecule has 1 aromatic heterocycles. The SMILES string of the molecule is O=C(NCc1cccc(NC(=O)c2ccncc2)c1)c1ccc(Cl)c(I)c1. The highest BCUT2D eigenvalue weighted by atomic mass is 127. The maximum absolute atomic E-state index is 12.3. The van der Waals surface area contributed by atoms with Gasteiger partial charge in [0.2, 0.25) is 0 Å². The number of aromatic nitrogens is 1. The smallest absolute Gasteiger partial charge is 0.255 e. The second-order valence-electron chi connectivity index (χ2n) is 5.70. The molecule has 0 fully saturated rings. The molecule has 3 rings (SSSR count). The number of nitrogens with zero attached hydrogens (tertiary/aromatic N) is 1. The average Bonchev–Trinajstić information content (AvgIpc) is 2.69. The van der Waals surface area contributed by atoms with E-state index in [1.165, 1.54) is 0 Å². The number of carbonyl (C=O) groups is 2. The van der Waals surface area contributed by atoms with E-state index in [2.05, 4.69) is 38.2 Å². The van der Waals surface area contributed by atoms with Gasteiger partial charge in [-0.1, -0.05) is 23.7 Å². The lowest BCUT2D eigenvalue weighted by Gasteiger charge is -2.09. The van der Waals surface area contributed by atoms with Crippen molar-refractivity contribution in [2.24, 2.45) is 0 Å². The Balaban J connectivity index is 1.63. The topological polar surface area (TPSA) is 71.1 Å². The lowest BCUT2D eigenvalue weighted by Crippen LogP contribution is -2.23. The van der Waals surface area contributed by atoms with E-state index in [0.717, 1.165) is 9.13 Å². The highest BCUT2D eigenvalue weighted by Crippen LogP contribution is 2.19. The molecule has 1 heterocycles. The van der Waals surface area contributed by atoms with Crippen LogP contribution >= 0.6 is 34.2 Å². The number of anilines is 1. The molecule has 27 heavy (non-hydrogen) atoms. The molecule has 0 bridgehead atoms. The third-order valence-corrected chi connectivity index (χ3v) is 5.30. The number of benzene rings is 2. The molecule has 0 radical (unpaired) electrons. The van der Waals surface area contributed by atoms with E-state index < -0.39 is 0 Å². The first-order chi connectivity index (χ1) is 13.0. The molecule has 0 aliphatic rings. The van der Waals surface area contributed by atoms with Gasteiger partial charge >= 0.3 is 0 Å². The van der Waals surface area contributed by atoms with Gasteiger partial charge in [-0.15, -0.1) is 0 Å². The van der Waals surface area contributed by atoms with Crippen molar-refractivity contribution >= 4 is 51.7 Å². The minimum Gasteiger partial charge on any atom is -0.348 e. The minimum atomic E-state index is -0.214. The molecule has 2 amide bonds. The summed E-state index contributed by atoms with van der Waals surface area (Å²) in [7, 11) is 0. The Kier molecular flexibility index (Phi) is 6.41. The number of amides is 2. The molecule has 5 nitrogen and oxygen atoms in total. The Bertz CT molecular complexity index is 980. The van der Waals surface area contributed by atoms with E-state index in [9.17, 15) is 9.59 Å². The van der Waals surface area contributed by atoms with E-state index in [1.807, 2.05) is 18.2 Å². The average molecular weight is 492 g/mol. The fourth-order valence-electron chi connectivity index (χ4n) is 2.39. The predicted octanol–water partition coefficient (Wildman–Crippen LogP) is 4.52. The Labute approximate surface area is 175 Å². The van der Waals surface area contributed by atoms with Crippen molar-refractivity contribution in [3.63, 3.8) is 0 Å². The van der Waals surface area contributed by atoms with Crippen molar-refractivity contribution in [2.75, 3.05) is 5.32 Å². The van der Waals surface area contributed by atoms with Crippen LogP contribution in [0.5, 0.6) is 0 Å². The number of nitrogens with one attached hydrogen (secondary N) is 2. The van der Waals surface area contributed by atoms with E-state index >= 15 is 0 Å². The van der Waals surface area contributed by atoms with Crippen LogP contribution in [0, 0.1) is 3.57 Å². The van der Waals surface area contributed by atoms with Crippen molar-refractivity contribution in [2.45, 2.75) is 6.54 Å². The number of halogens is 2. The van der Waals surface area contributed by atoms with Crippen LogP contribution < -0.4 is 10.6 Å². The molecule has 7 heteroatoms. The number of carbonyl (C=O) groups excluding carboxylic acids is 2. The summed E-state index contributed by atoms with van der Waals surface area (Å²) in [6, 6.07) is 15.8. The Morgan fingerprint density at radius 1 is 0.963 bits per heavy atom. The van der Waals surface area contributed by atoms with Crippen LogP contribution in [0.2, 0.25) is 5.02 Å². The Morgan fingerprint density at radius 3 is 2.48 bits per heavy atom. The number of hydrogen-bond acceptors (Lipinski definition) is 3. The molecule has 2 N–H and O–H groups in total. The van der Waals surface area contributed by atoms with Crippen LogP contribution in [0.1, 0.15) is 26.3 Å². The monoisotopic (exact) mass is 491 g/mol. The van der Waals surface area contributed by atoms with Gasteiger partial charge in [-0.25, -0.2) is 0 Å². The molecule has 2 aromatic carbocycles. The van der Waals surface area contributed by atoms with Gasteiger partial charge in [0.1, 0.15) is 0 Å². The van der Waals surface area contributed by atoms with Crippen LogP contribution in [0.25, 0.3) is 0 Å². The lowest BCUT2D eigenvalue weighted by atomic mass is 10.1. The summed E-state index contributed by atoms with van der Waals surface area (Å²) in [6.07, 6.45) is 3.14. The lowest BCUT2D eigenvalue weighted by molar-refractivity contribution is 0.0950. The maximum atomic E-state index is 12.3. The molecule has 136 valence electrons. The summed E-state index contributed by atoms with van der Waals surface area (Å²) in [5.74, 6) is -0.398. The zero-order valence-corrected chi connectivity index (χ0v) is 17.0. The quantitative estimate of drug-likeness (QED) is 0.516. The van der Waals surface area contributed by atoms with Crippen LogP contribution in [-0.4, -0.2) is 16.8 Å². The summed E-state index contributed by atoms with van der Waals surface area (Å²) < 4.78 is 0.822. The summed E-state index contributed by atoms with van der Waals surface area (Å²) in [5, 5.41) is 6.32. The minimum absolute atomic E-state index is 0.184. The van der Waals surface area contributed by atoms with E-state index in [0.29, 0.717) is 28.4 Å². The maximum Gasteiger partial charge on any atom is 0.255 e. The second-order valence-corrected chi connectivity index (χ2v) is 7.27. The van der Waals surface area contributed by atoms with Crippen molar-refractivity contribution in [3.05, 3.63) is 92.3 Å². The zero-order valence-electron chi connectivity index (χ0n) is 14.1. The highest BCUT2D eigenvalue weighted by molar-refractivity contribution is 14.1. The van der Waals surface area contributed by atoms with E-state index in [1.54, 1.807) is 48.8 Å². The van der Waals surface area contributed by atoms with Gasteiger partial charge in [-0.05, 0) is 70.6 Å². The number of hydrogen-bond donors (Lipinski definition) is 2. The largest absolute Gasteiger partial charge is 0.348 e. The van der Waals surface area contributed by atoms with Gasteiger partial charge in [0.15, 0.2) is 0 Å². The van der Waals surface area contributed by atoms with Gasteiger partial charge in [0, 0.05) is 39.3 Å². The Hall–Kier alpha value is -2.45. The van der Waals surface area contributed by atoms with Crippen molar-refractivity contribution in [1.82, 2.24) is 10.3 Å². The molecule has 0 atom stereocenters. The summed E-state index contributed by atoms with van der Waals surface area (Å²) in [5.41, 5.74) is 2.61. The standard InChI is InChI=1S/C20H15ClIN3O2/c21-17-5-4-15(11-18(17)22)19(26)24-12-13-2-1-3-16(10-13)25-20(27)14-6-8-23-9-7-14/h1-11H,12H2,(H,24,26)(H,25,27). The van der Waals surface area contributed by atoms with Crippen molar-refractivity contribution in [1.29, 1.82) is 0 Å². The van der Waals surface area contributed by atoms with Crippen LogP contribution in [0.4, 0.5) is 5.69 Å². The Morgan fingerprint density at radius 2 is 1.74 bits per heavy atom. The van der Waals surface area contributed by atoms with Crippen molar-refractivity contribution < 1.29 is 9.59 Å². The first-order valence-electron chi connectivity index (χ1n) is 8.06. The third kappa shape index (κ3) is 5.27. The summed E-state index contributed by atoms with van der Waals surface area (Å²) in [4.78, 5) is 28.4. The first-order valence-corrected chi connectivity index (χ1v) is 9.52. The fourth-order valence-corrected chi connectivity index (χ4v) is 3.02. The molecule has 0 spiro atoms. The molecule has 0 aliphatic heterocycles. The molecule has 0 aliphatic carbocycles.